The first kappa shape index (κ1) is 6.38. The minimum atomic E-state index is -0.630. The van der Waals surface area contributed by atoms with Crippen LogP contribution in [-0.4, -0.2) is 24.0 Å². The predicted molar refractivity (Wildman–Crippen MR) is 33.6 cm³/mol. The number of aliphatic imine (C=N–C) groups is 1. The molecule has 0 fully saturated rings. The van der Waals surface area contributed by atoms with Crippen molar-refractivity contribution in [2.75, 3.05) is 0 Å². The molecule has 0 saturated carbocycles. The molecule has 0 aromatic carbocycles. The van der Waals surface area contributed by atoms with Crippen LogP contribution < -0.4 is 5.32 Å². The average molecular weight is 137 g/mol. The molecule has 1 heterocycles. The van der Waals surface area contributed by atoms with Gasteiger partial charge >= 0.3 is 0 Å². The number of hydrogen-bond donors (Lipinski definition) is 2. The van der Waals surface area contributed by atoms with E-state index in [2.05, 4.69) is 10.3 Å². The van der Waals surface area contributed by atoms with E-state index in [0.717, 1.165) is 6.34 Å². The lowest BCUT2D eigenvalue weighted by atomic mass is 10.2. The summed E-state index contributed by atoms with van der Waals surface area (Å²) in [6.07, 6.45) is 1.06. The molecule has 0 saturated heterocycles. The third-order valence-corrected chi connectivity index (χ3v) is 0.955. The SMILES string of the molecule is N=C1N=CNC(=O)C1=C=O. The fraction of sp³-hybridized carbons (Fsp3) is 0. The summed E-state index contributed by atoms with van der Waals surface area (Å²) in [4.78, 5) is 23.9. The summed E-state index contributed by atoms with van der Waals surface area (Å²) in [6, 6.07) is 0. The van der Waals surface area contributed by atoms with Crippen LogP contribution in [0.4, 0.5) is 0 Å². The Kier molecular flexibility index (Phi) is 1.43. The van der Waals surface area contributed by atoms with Gasteiger partial charge < -0.3 is 5.32 Å². The molecule has 1 aliphatic rings. The molecule has 0 aromatic heterocycles. The van der Waals surface area contributed by atoms with Crippen molar-refractivity contribution in [3.05, 3.63) is 5.57 Å². The van der Waals surface area contributed by atoms with Crippen molar-refractivity contribution in [1.82, 2.24) is 5.32 Å². The van der Waals surface area contributed by atoms with Crippen molar-refractivity contribution in [3.8, 4) is 0 Å². The van der Waals surface area contributed by atoms with Gasteiger partial charge in [0, 0.05) is 0 Å². The Balaban J connectivity index is 3.12. The molecule has 5 nitrogen and oxygen atoms in total. The molecule has 2 N–H and O–H groups in total. The Morgan fingerprint density at radius 2 is 2.40 bits per heavy atom. The van der Waals surface area contributed by atoms with Crippen LogP contribution in [0.2, 0.25) is 0 Å². The van der Waals surface area contributed by atoms with E-state index in [1.54, 1.807) is 0 Å². The summed E-state index contributed by atoms with van der Waals surface area (Å²) < 4.78 is 0. The van der Waals surface area contributed by atoms with Gasteiger partial charge in [-0.05, 0) is 0 Å². The van der Waals surface area contributed by atoms with Gasteiger partial charge in [0.1, 0.15) is 5.94 Å². The smallest absolute Gasteiger partial charge is 0.271 e. The van der Waals surface area contributed by atoms with E-state index in [1.165, 1.54) is 5.94 Å². The van der Waals surface area contributed by atoms with Gasteiger partial charge in [0.05, 0.1) is 6.34 Å². The fourth-order valence-electron chi connectivity index (χ4n) is 0.494. The molecule has 0 aliphatic carbocycles. The highest BCUT2D eigenvalue weighted by molar-refractivity contribution is 6.30. The Morgan fingerprint density at radius 3 is 2.80 bits per heavy atom. The summed E-state index contributed by atoms with van der Waals surface area (Å²) in [5.41, 5.74) is -0.359. The van der Waals surface area contributed by atoms with Gasteiger partial charge in [0.15, 0.2) is 11.4 Å². The molecule has 1 amide bonds. The second kappa shape index (κ2) is 2.24. The number of nitrogens with zero attached hydrogens (tertiary/aromatic N) is 1. The lowest BCUT2D eigenvalue weighted by molar-refractivity contribution is -0.115. The lowest BCUT2D eigenvalue weighted by Gasteiger charge is -2.03. The van der Waals surface area contributed by atoms with Crippen LogP contribution in [0.25, 0.3) is 0 Å². The first-order chi connectivity index (χ1) is 4.75. The van der Waals surface area contributed by atoms with Crippen LogP contribution in [0.15, 0.2) is 10.6 Å². The number of carbonyl (C=O) groups excluding carboxylic acids is 2. The van der Waals surface area contributed by atoms with Gasteiger partial charge in [-0.1, -0.05) is 0 Å². The van der Waals surface area contributed by atoms with E-state index in [4.69, 9.17) is 5.41 Å². The van der Waals surface area contributed by atoms with E-state index in [1.807, 2.05) is 0 Å². The molecule has 0 spiro atoms. The lowest BCUT2D eigenvalue weighted by Crippen LogP contribution is -2.31. The standard InChI is InChI=1S/C5H3N3O2/c6-4-3(1-9)5(10)8-2-7-4/h2H,(H2,6,7,8,10). The van der Waals surface area contributed by atoms with E-state index in [0.29, 0.717) is 0 Å². The highest BCUT2D eigenvalue weighted by atomic mass is 16.2. The molecule has 0 unspecified atom stereocenters. The van der Waals surface area contributed by atoms with Crippen molar-refractivity contribution < 1.29 is 9.59 Å². The van der Waals surface area contributed by atoms with Crippen LogP contribution in [-0.2, 0) is 9.59 Å². The summed E-state index contributed by atoms with van der Waals surface area (Å²) in [7, 11) is 0. The van der Waals surface area contributed by atoms with Crippen molar-refractivity contribution in [3.63, 3.8) is 0 Å². The molecule has 0 radical (unpaired) electrons. The Bertz CT molecular complexity index is 273. The molecular weight excluding hydrogens is 134 g/mol. The maximum atomic E-state index is 10.6. The topological polar surface area (TPSA) is 82.4 Å². The van der Waals surface area contributed by atoms with Crippen molar-refractivity contribution in [2.45, 2.75) is 0 Å². The number of carbonyl (C=O) groups is 1. The highest BCUT2D eigenvalue weighted by Gasteiger charge is 2.17. The largest absolute Gasteiger partial charge is 0.312 e. The molecule has 0 bridgehead atoms. The van der Waals surface area contributed by atoms with Crippen LogP contribution in [0.3, 0.4) is 0 Å². The first-order valence-electron chi connectivity index (χ1n) is 2.43. The van der Waals surface area contributed by atoms with Gasteiger partial charge in [-0.3, -0.25) is 10.2 Å². The van der Waals surface area contributed by atoms with Crippen molar-refractivity contribution in [2.24, 2.45) is 4.99 Å². The Morgan fingerprint density at radius 1 is 1.70 bits per heavy atom. The number of rotatable bonds is 0. The zero-order valence-corrected chi connectivity index (χ0v) is 4.84. The number of nitrogens with one attached hydrogen (secondary N) is 2. The minimum absolute atomic E-state index is 0.348. The Labute approximate surface area is 56.0 Å². The molecule has 0 aromatic rings. The second-order valence-electron chi connectivity index (χ2n) is 1.56. The zero-order chi connectivity index (χ0) is 7.56. The summed E-state index contributed by atoms with van der Waals surface area (Å²) in [5, 5.41) is 9.06. The normalized spacial score (nSPS) is 16.6. The highest BCUT2D eigenvalue weighted by Crippen LogP contribution is 1.95. The molecule has 0 atom stereocenters. The van der Waals surface area contributed by atoms with E-state index < -0.39 is 5.91 Å². The number of hydrogen-bond acceptors (Lipinski definition) is 3. The molecule has 1 rings (SSSR count). The van der Waals surface area contributed by atoms with Gasteiger partial charge in [-0.15, -0.1) is 0 Å². The van der Waals surface area contributed by atoms with Crippen molar-refractivity contribution in [1.29, 1.82) is 5.41 Å². The maximum Gasteiger partial charge on any atom is 0.271 e. The monoisotopic (exact) mass is 137 g/mol. The molecule has 50 valence electrons. The molecule has 5 heteroatoms. The predicted octanol–water partition coefficient (Wildman–Crippen LogP) is -1.12. The van der Waals surface area contributed by atoms with Crippen LogP contribution in [0, 0.1) is 5.41 Å². The minimum Gasteiger partial charge on any atom is -0.312 e. The second-order valence-corrected chi connectivity index (χ2v) is 1.56. The van der Waals surface area contributed by atoms with Gasteiger partial charge in [-0.25, -0.2) is 9.79 Å². The fourth-order valence-corrected chi connectivity index (χ4v) is 0.494. The van der Waals surface area contributed by atoms with Gasteiger partial charge in [-0.2, -0.15) is 0 Å². The van der Waals surface area contributed by atoms with Gasteiger partial charge in [0.2, 0.25) is 0 Å². The van der Waals surface area contributed by atoms with Gasteiger partial charge in [0.25, 0.3) is 5.91 Å². The van der Waals surface area contributed by atoms with E-state index in [9.17, 15) is 9.59 Å². The van der Waals surface area contributed by atoms with Crippen LogP contribution in [0.1, 0.15) is 0 Å². The zero-order valence-electron chi connectivity index (χ0n) is 4.84. The molecule has 1 aliphatic heterocycles. The molecule has 10 heavy (non-hydrogen) atoms. The quantitative estimate of drug-likeness (QED) is 0.327. The molecular formula is C5H3N3O2. The van der Waals surface area contributed by atoms with Crippen molar-refractivity contribution >= 4 is 24.0 Å². The number of amidine groups is 1. The average Bonchev–Trinajstić information content (AvgIpc) is 1.88. The summed E-state index contributed by atoms with van der Waals surface area (Å²) >= 11 is 0. The first-order valence-corrected chi connectivity index (χ1v) is 2.43. The van der Waals surface area contributed by atoms with Crippen LogP contribution >= 0.6 is 0 Å². The number of amides is 1. The Hall–Kier alpha value is -1.74. The maximum absolute atomic E-state index is 10.6. The van der Waals surface area contributed by atoms with E-state index in [-0.39, 0.29) is 11.4 Å². The van der Waals surface area contributed by atoms with Crippen LogP contribution in [0.5, 0.6) is 0 Å². The summed E-state index contributed by atoms with van der Waals surface area (Å²) in [5.74, 6) is 0.342. The third-order valence-electron chi connectivity index (χ3n) is 0.955. The third kappa shape index (κ3) is 0.852. The van der Waals surface area contributed by atoms with E-state index >= 15 is 0 Å². The summed E-state index contributed by atoms with van der Waals surface area (Å²) in [6.45, 7) is 0.